The van der Waals surface area contributed by atoms with Crippen molar-refractivity contribution in [1.82, 2.24) is 14.5 Å². The summed E-state index contributed by atoms with van der Waals surface area (Å²) in [4.78, 5) is 10.4. The molecule has 5 heteroatoms. The number of hydrogen-bond donors (Lipinski definition) is 1. The van der Waals surface area contributed by atoms with Gasteiger partial charge in [-0.05, 0) is 110 Å². The summed E-state index contributed by atoms with van der Waals surface area (Å²) >= 11 is 0. The number of aromatic hydroxyl groups is 1. The van der Waals surface area contributed by atoms with Gasteiger partial charge in [0.1, 0.15) is 11.6 Å². The van der Waals surface area contributed by atoms with Crippen LogP contribution in [0.25, 0.3) is 72.7 Å². The number of phenolic OH excluding ortho intramolecular Hbond substituents is 1. The second kappa shape index (κ2) is 18.3. The molecular weight excluding hydrogens is 986 g/mol. The quantitative estimate of drug-likeness (QED) is 0.154. The van der Waals surface area contributed by atoms with Gasteiger partial charge in [0, 0.05) is 45.4 Å². The monoisotopic (exact) mass is 1060 g/mol. The van der Waals surface area contributed by atoms with Gasteiger partial charge >= 0.3 is 0 Å². The number of imidazole rings is 1. The molecule has 342 valence electrons. The Hall–Kier alpha value is -5.57. The van der Waals surface area contributed by atoms with E-state index in [0.717, 1.165) is 66.9 Å². The maximum atomic E-state index is 12.5. The number of rotatable bonds is 8. The minimum atomic E-state index is -2.60. The van der Waals surface area contributed by atoms with Gasteiger partial charge in [0.2, 0.25) is 0 Å². The molecule has 1 N–H and O–H groups in total. The SMILES string of the molecule is [2H]C([2H])([2H])c1cc(-c2cc(C([2H])(C)C)cc(C([2H])(C)C)c2)ccc1-n1c(-c2cc(C(C)(C)C)cc(C(C)(C)C)c2O)nc2c(-c3[c-]c(-c4cc(-c5ccccc5)ccn4)cc(C(C)(C)C)c3)cccc21.[Pt]. The van der Waals surface area contributed by atoms with Crippen molar-refractivity contribution in [2.45, 2.75) is 125 Å². The predicted octanol–water partition coefficient (Wildman–Crippen LogP) is 16.7. The summed E-state index contributed by atoms with van der Waals surface area (Å²) in [5, 5.41) is 12.5. The predicted molar refractivity (Wildman–Crippen MR) is 276 cm³/mol. The van der Waals surface area contributed by atoms with Crippen LogP contribution in [0.4, 0.5) is 0 Å². The molecule has 2 aromatic heterocycles. The van der Waals surface area contributed by atoms with Crippen LogP contribution in [0, 0.1) is 12.9 Å². The van der Waals surface area contributed by atoms with E-state index in [9.17, 15) is 5.11 Å². The number of fused-ring (bicyclic) bond motifs is 1. The van der Waals surface area contributed by atoms with E-state index in [4.69, 9.17) is 16.8 Å². The fourth-order valence-corrected chi connectivity index (χ4v) is 8.51. The van der Waals surface area contributed by atoms with Crippen LogP contribution in [0.15, 0.2) is 128 Å². The number of pyridine rings is 1. The van der Waals surface area contributed by atoms with Gasteiger partial charge in [-0.25, -0.2) is 4.98 Å². The van der Waals surface area contributed by atoms with E-state index in [-0.39, 0.29) is 43.2 Å². The van der Waals surface area contributed by atoms with Gasteiger partial charge in [-0.3, -0.25) is 9.55 Å². The number of nitrogens with zero attached hydrogens (tertiary/aromatic N) is 3. The number of para-hydroxylation sites is 1. The zero-order valence-corrected chi connectivity index (χ0v) is 43.0. The standard InChI is InChI=1S/C61H66N3O.Pt/c1-37(2)43-28-44(38(3)4)30-45(29-43)41-23-24-54(39(5)27-41)64-55-22-18-21-50(56(55)63-58(64)51-35-49(60(9,10)11)36-52(57(51)65)61(12,13)14)46-31-47(33-48(32-46)59(6,7)8)53-34-42(25-26-62-53)40-19-16-15-17-20-40;/h15-30,32-38,65H,1-14H3;/q-1;/i5D3,37D,38D;. The molecule has 0 fully saturated rings. The Bertz CT molecular complexity index is 3250. The zero-order valence-electron chi connectivity index (χ0n) is 45.7. The average molecular weight is 1060 g/mol. The summed E-state index contributed by atoms with van der Waals surface area (Å²) in [5.41, 5.74) is 12.2. The molecule has 0 saturated carbocycles. The van der Waals surface area contributed by atoms with Crippen LogP contribution >= 0.6 is 0 Å². The molecule has 4 nitrogen and oxygen atoms in total. The van der Waals surface area contributed by atoms with Crippen molar-refractivity contribution >= 4 is 11.0 Å². The summed E-state index contributed by atoms with van der Waals surface area (Å²) in [6, 6.07) is 43.7. The van der Waals surface area contributed by atoms with E-state index in [2.05, 4.69) is 105 Å². The molecule has 0 radical (unpaired) electrons. The maximum absolute atomic E-state index is 12.5. The first-order chi connectivity index (χ1) is 32.4. The van der Waals surface area contributed by atoms with Gasteiger partial charge in [0.15, 0.2) is 0 Å². The summed E-state index contributed by atoms with van der Waals surface area (Å²) in [7, 11) is 0. The van der Waals surface area contributed by atoms with E-state index in [1.165, 1.54) is 0 Å². The Morgan fingerprint density at radius 2 is 1.24 bits per heavy atom. The molecule has 0 spiro atoms. The van der Waals surface area contributed by atoms with Crippen LogP contribution in [0.3, 0.4) is 0 Å². The molecule has 0 aliphatic rings. The van der Waals surface area contributed by atoms with Crippen molar-refractivity contribution in [2.75, 3.05) is 0 Å². The van der Waals surface area contributed by atoms with E-state index in [1.54, 1.807) is 6.07 Å². The Morgan fingerprint density at radius 1 is 0.606 bits per heavy atom. The Balaban J connectivity index is 0.00000741. The number of aryl methyl sites for hydroxylation is 1. The van der Waals surface area contributed by atoms with E-state index in [1.807, 2.05) is 117 Å². The molecule has 0 unspecified atom stereocenters. The molecule has 2 heterocycles. The largest absolute Gasteiger partial charge is 0.507 e. The fourth-order valence-electron chi connectivity index (χ4n) is 8.51. The molecule has 0 saturated heterocycles. The van der Waals surface area contributed by atoms with E-state index in [0.29, 0.717) is 33.7 Å². The molecule has 0 atom stereocenters. The smallest absolute Gasteiger partial charge is 0.148 e. The normalized spacial score (nSPS) is 13.9. The molecule has 0 aliphatic heterocycles. The molecule has 0 bridgehead atoms. The Morgan fingerprint density at radius 3 is 1.86 bits per heavy atom. The van der Waals surface area contributed by atoms with Crippen LogP contribution in [-0.2, 0) is 37.3 Å². The van der Waals surface area contributed by atoms with Crippen molar-refractivity contribution in [1.29, 1.82) is 0 Å². The molecular formula is C61H66N3OPt-. The second-order valence-corrected chi connectivity index (χ2v) is 21.1. The van der Waals surface area contributed by atoms with Crippen LogP contribution in [0.2, 0.25) is 0 Å². The average Bonchev–Trinajstić information content (AvgIpc) is 3.66. The molecule has 66 heavy (non-hydrogen) atoms. The zero-order chi connectivity index (χ0) is 51.1. The second-order valence-electron chi connectivity index (χ2n) is 21.1. The van der Waals surface area contributed by atoms with Crippen molar-refractivity contribution in [2.24, 2.45) is 0 Å². The molecule has 8 aromatic rings. The summed E-state index contributed by atoms with van der Waals surface area (Å²) in [6.07, 6.45) is 1.84. The minimum Gasteiger partial charge on any atom is -0.507 e. The third kappa shape index (κ3) is 9.63. The Kier molecular flexibility index (Phi) is 11.6. The van der Waals surface area contributed by atoms with Gasteiger partial charge < -0.3 is 5.11 Å². The van der Waals surface area contributed by atoms with Crippen LogP contribution in [-0.4, -0.2) is 19.6 Å². The van der Waals surface area contributed by atoms with Gasteiger partial charge in [-0.15, -0.1) is 29.3 Å². The number of phenols is 1. The topological polar surface area (TPSA) is 50.9 Å². The summed E-state index contributed by atoms with van der Waals surface area (Å²) < 4.78 is 47.2. The van der Waals surface area contributed by atoms with Crippen molar-refractivity contribution in [3.05, 3.63) is 167 Å². The molecule has 0 amide bonds. The van der Waals surface area contributed by atoms with Gasteiger partial charge in [0.25, 0.3) is 0 Å². The third-order valence-corrected chi connectivity index (χ3v) is 12.5. The minimum absolute atomic E-state index is 0. The molecule has 8 rings (SSSR count). The third-order valence-electron chi connectivity index (χ3n) is 12.5. The number of aromatic nitrogens is 3. The van der Waals surface area contributed by atoms with Gasteiger partial charge in [0.05, 0.1) is 22.3 Å². The van der Waals surface area contributed by atoms with Gasteiger partial charge in [-0.2, -0.15) is 0 Å². The van der Waals surface area contributed by atoms with Crippen molar-refractivity contribution < 1.29 is 33.0 Å². The van der Waals surface area contributed by atoms with Crippen LogP contribution in [0.5, 0.6) is 5.75 Å². The molecule has 6 aromatic carbocycles. The summed E-state index contributed by atoms with van der Waals surface area (Å²) in [5.74, 6) is -1.45. The Labute approximate surface area is 415 Å². The fraction of sp³-hybridized carbons (Fsp3) is 0.311. The van der Waals surface area contributed by atoms with Crippen LogP contribution < -0.4 is 0 Å². The first-order valence-electron chi connectivity index (χ1n) is 25.2. The van der Waals surface area contributed by atoms with Crippen molar-refractivity contribution in [3.8, 4) is 67.5 Å². The van der Waals surface area contributed by atoms with Crippen molar-refractivity contribution in [3.63, 3.8) is 0 Å². The van der Waals surface area contributed by atoms with Crippen LogP contribution in [0.1, 0.15) is 142 Å². The molecule has 0 aliphatic carbocycles. The van der Waals surface area contributed by atoms with Gasteiger partial charge in [-0.1, -0.05) is 180 Å². The number of hydrogen-bond acceptors (Lipinski definition) is 3. The maximum Gasteiger partial charge on any atom is 0.148 e. The first kappa shape index (κ1) is 41.8. The first-order valence-corrected chi connectivity index (χ1v) is 22.7. The van der Waals surface area contributed by atoms with E-state index < -0.39 is 24.1 Å². The summed E-state index contributed by atoms with van der Waals surface area (Å²) in [6.45, 7) is 23.9. The number of benzene rings is 6. The van der Waals surface area contributed by atoms with E-state index >= 15 is 0 Å².